The number of hydrogen-bond acceptors (Lipinski definition) is 3. The third kappa shape index (κ3) is 3.63. The van der Waals surface area contributed by atoms with E-state index in [9.17, 15) is 5.11 Å². The fraction of sp³-hybridized carbons (Fsp3) is 1.00. The van der Waals surface area contributed by atoms with Gasteiger partial charge in [0.2, 0.25) is 0 Å². The standard InChI is InChI=1S/C10H22N2O/c1-3-5-12(6-4-9(2)13)10-7-11-8-10/h9-11,13H,3-8H2,1-2H3. The first-order valence-electron chi connectivity index (χ1n) is 5.37. The van der Waals surface area contributed by atoms with Crippen LogP contribution in [-0.4, -0.2) is 48.3 Å². The lowest BCUT2D eigenvalue weighted by molar-refractivity contribution is 0.110. The Hall–Kier alpha value is -0.120. The van der Waals surface area contributed by atoms with Gasteiger partial charge in [0.1, 0.15) is 0 Å². The first-order valence-corrected chi connectivity index (χ1v) is 5.37. The normalized spacial score (nSPS) is 20.3. The Morgan fingerprint density at radius 2 is 2.15 bits per heavy atom. The van der Waals surface area contributed by atoms with Crippen LogP contribution in [-0.2, 0) is 0 Å². The van der Waals surface area contributed by atoms with E-state index in [1.807, 2.05) is 6.92 Å². The Morgan fingerprint density at radius 1 is 1.46 bits per heavy atom. The molecule has 0 aromatic heterocycles. The average Bonchev–Trinajstić information content (AvgIpc) is 1.97. The average molecular weight is 186 g/mol. The minimum Gasteiger partial charge on any atom is -0.393 e. The molecule has 0 bridgehead atoms. The van der Waals surface area contributed by atoms with E-state index in [-0.39, 0.29) is 6.10 Å². The van der Waals surface area contributed by atoms with Crippen LogP contribution in [0.2, 0.25) is 0 Å². The quantitative estimate of drug-likeness (QED) is 0.632. The molecular weight excluding hydrogens is 164 g/mol. The highest BCUT2D eigenvalue weighted by Crippen LogP contribution is 2.07. The summed E-state index contributed by atoms with van der Waals surface area (Å²) in [5, 5.41) is 12.5. The summed E-state index contributed by atoms with van der Waals surface area (Å²) < 4.78 is 0. The summed E-state index contributed by atoms with van der Waals surface area (Å²) >= 11 is 0. The number of rotatable bonds is 6. The largest absolute Gasteiger partial charge is 0.393 e. The fourth-order valence-corrected chi connectivity index (χ4v) is 1.65. The summed E-state index contributed by atoms with van der Waals surface area (Å²) in [5.74, 6) is 0. The third-order valence-corrected chi connectivity index (χ3v) is 2.62. The molecule has 0 amide bonds. The molecule has 0 saturated carbocycles. The molecule has 1 unspecified atom stereocenters. The number of aliphatic hydroxyl groups is 1. The molecule has 1 aliphatic rings. The van der Waals surface area contributed by atoms with Gasteiger partial charge in [0, 0.05) is 25.7 Å². The highest BCUT2D eigenvalue weighted by molar-refractivity contribution is 4.84. The van der Waals surface area contributed by atoms with Crippen LogP contribution in [0.4, 0.5) is 0 Å². The first-order chi connectivity index (χ1) is 6.24. The number of hydrogen-bond donors (Lipinski definition) is 2. The van der Waals surface area contributed by atoms with Crippen LogP contribution in [0.1, 0.15) is 26.7 Å². The van der Waals surface area contributed by atoms with Crippen molar-refractivity contribution in [1.29, 1.82) is 0 Å². The molecule has 3 heteroatoms. The molecule has 1 aliphatic heterocycles. The molecule has 3 nitrogen and oxygen atoms in total. The minimum absolute atomic E-state index is 0.160. The van der Waals surface area contributed by atoms with E-state index in [1.165, 1.54) is 13.0 Å². The van der Waals surface area contributed by atoms with Crippen molar-refractivity contribution < 1.29 is 5.11 Å². The van der Waals surface area contributed by atoms with E-state index in [0.29, 0.717) is 0 Å². The van der Waals surface area contributed by atoms with Crippen molar-refractivity contribution in [2.75, 3.05) is 26.2 Å². The highest BCUT2D eigenvalue weighted by atomic mass is 16.3. The second kappa shape index (κ2) is 5.58. The SMILES string of the molecule is CCCN(CCC(C)O)C1CNC1. The molecule has 1 saturated heterocycles. The predicted octanol–water partition coefficient (Wildman–Crippen LogP) is 0.441. The van der Waals surface area contributed by atoms with Crippen LogP contribution >= 0.6 is 0 Å². The fourth-order valence-electron chi connectivity index (χ4n) is 1.65. The lowest BCUT2D eigenvalue weighted by atomic mass is 10.1. The van der Waals surface area contributed by atoms with Crippen molar-refractivity contribution in [3.63, 3.8) is 0 Å². The van der Waals surface area contributed by atoms with E-state index >= 15 is 0 Å². The Morgan fingerprint density at radius 3 is 2.54 bits per heavy atom. The van der Waals surface area contributed by atoms with Crippen molar-refractivity contribution in [3.8, 4) is 0 Å². The molecule has 1 rings (SSSR count). The summed E-state index contributed by atoms with van der Waals surface area (Å²) in [6.07, 6.45) is 1.94. The molecule has 78 valence electrons. The molecule has 1 atom stereocenters. The second-order valence-electron chi connectivity index (χ2n) is 3.99. The van der Waals surface area contributed by atoms with Crippen LogP contribution in [0.15, 0.2) is 0 Å². The topological polar surface area (TPSA) is 35.5 Å². The zero-order valence-corrected chi connectivity index (χ0v) is 8.79. The van der Waals surface area contributed by atoms with Crippen molar-refractivity contribution in [2.24, 2.45) is 0 Å². The van der Waals surface area contributed by atoms with Crippen molar-refractivity contribution in [1.82, 2.24) is 10.2 Å². The summed E-state index contributed by atoms with van der Waals surface area (Å²) in [5.41, 5.74) is 0. The van der Waals surface area contributed by atoms with Gasteiger partial charge in [0.15, 0.2) is 0 Å². The van der Waals surface area contributed by atoms with Crippen molar-refractivity contribution in [2.45, 2.75) is 38.8 Å². The van der Waals surface area contributed by atoms with Gasteiger partial charge >= 0.3 is 0 Å². The molecule has 1 heterocycles. The lowest BCUT2D eigenvalue weighted by Crippen LogP contribution is -2.57. The maximum atomic E-state index is 9.20. The molecule has 2 N–H and O–H groups in total. The Kier molecular flexibility index (Phi) is 4.70. The molecule has 0 aromatic carbocycles. The van der Waals surface area contributed by atoms with Crippen LogP contribution in [0.5, 0.6) is 0 Å². The Bertz CT molecular complexity index is 135. The molecule has 1 fully saturated rings. The van der Waals surface area contributed by atoms with E-state index in [2.05, 4.69) is 17.1 Å². The van der Waals surface area contributed by atoms with Crippen molar-refractivity contribution >= 4 is 0 Å². The van der Waals surface area contributed by atoms with Gasteiger partial charge in [-0.15, -0.1) is 0 Å². The van der Waals surface area contributed by atoms with Crippen LogP contribution in [0.25, 0.3) is 0 Å². The Labute approximate surface area is 81.1 Å². The van der Waals surface area contributed by atoms with E-state index in [1.54, 1.807) is 0 Å². The van der Waals surface area contributed by atoms with Gasteiger partial charge in [-0.1, -0.05) is 6.92 Å². The van der Waals surface area contributed by atoms with Gasteiger partial charge in [-0.05, 0) is 26.3 Å². The van der Waals surface area contributed by atoms with Gasteiger partial charge in [0.05, 0.1) is 6.10 Å². The first kappa shape index (κ1) is 11.0. The Balaban J connectivity index is 2.20. The molecule has 0 radical (unpaired) electrons. The zero-order chi connectivity index (χ0) is 9.68. The van der Waals surface area contributed by atoms with Gasteiger partial charge in [-0.2, -0.15) is 0 Å². The van der Waals surface area contributed by atoms with Crippen LogP contribution < -0.4 is 5.32 Å². The third-order valence-electron chi connectivity index (χ3n) is 2.62. The summed E-state index contributed by atoms with van der Waals surface area (Å²) in [4.78, 5) is 2.49. The monoisotopic (exact) mass is 186 g/mol. The summed E-state index contributed by atoms with van der Waals surface area (Å²) in [6.45, 7) is 8.53. The number of nitrogens with one attached hydrogen (secondary N) is 1. The highest BCUT2D eigenvalue weighted by Gasteiger charge is 2.23. The van der Waals surface area contributed by atoms with Crippen LogP contribution in [0, 0.1) is 0 Å². The molecule has 13 heavy (non-hydrogen) atoms. The smallest absolute Gasteiger partial charge is 0.0524 e. The molecule has 0 aromatic rings. The lowest BCUT2D eigenvalue weighted by Gasteiger charge is -2.38. The maximum Gasteiger partial charge on any atom is 0.0524 e. The van der Waals surface area contributed by atoms with Gasteiger partial charge < -0.3 is 10.4 Å². The maximum absolute atomic E-state index is 9.20. The summed E-state index contributed by atoms with van der Waals surface area (Å²) in [7, 11) is 0. The molecular formula is C10H22N2O. The second-order valence-corrected chi connectivity index (χ2v) is 3.99. The zero-order valence-electron chi connectivity index (χ0n) is 8.79. The predicted molar refractivity (Wildman–Crippen MR) is 54.8 cm³/mol. The van der Waals surface area contributed by atoms with E-state index in [0.717, 1.165) is 32.1 Å². The summed E-state index contributed by atoms with van der Waals surface area (Å²) in [6, 6.07) is 0.721. The number of nitrogens with zero attached hydrogens (tertiary/aromatic N) is 1. The number of aliphatic hydroxyl groups excluding tert-OH is 1. The van der Waals surface area contributed by atoms with Gasteiger partial charge in [0.25, 0.3) is 0 Å². The molecule has 0 aliphatic carbocycles. The minimum atomic E-state index is -0.160. The van der Waals surface area contributed by atoms with E-state index in [4.69, 9.17) is 0 Å². The van der Waals surface area contributed by atoms with Crippen molar-refractivity contribution in [3.05, 3.63) is 0 Å². The van der Waals surface area contributed by atoms with Crippen LogP contribution in [0.3, 0.4) is 0 Å². The molecule has 0 spiro atoms. The van der Waals surface area contributed by atoms with Gasteiger partial charge in [-0.3, -0.25) is 4.90 Å². The van der Waals surface area contributed by atoms with E-state index < -0.39 is 0 Å². The van der Waals surface area contributed by atoms with Gasteiger partial charge in [-0.25, -0.2) is 0 Å².